The van der Waals surface area contributed by atoms with Crippen molar-refractivity contribution in [1.82, 2.24) is 5.32 Å². The Labute approximate surface area is 51.6 Å². The molecule has 0 amide bonds. The molecule has 4 heteroatoms. The first kappa shape index (κ1) is 7.64. The molecular formula is C3H9ClNOP. The van der Waals surface area contributed by atoms with Crippen LogP contribution in [0.4, 0.5) is 0 Å². The third kappa shape index (κ3) is 2.45. The topological polar surface area (TPSA) is 21.3 Å². The monoisotopic (exact) mass is 141 g/mol. The summed E-state index contributed by atoms with van der Waals surface area (Å²) in [6, 6.07) is 0. The summed E-state index contributed by atoms with van der Waals surface area (Å²) in [5.41, 5.74) is 0. The second-order valence-corrected chi connectivity index (χ2v) is 2.06. The Kier molecular flexibility index (Phi) is 3.95. The Morgan fingerprint density at radius 3 is 2.57 bits per heavy atom. The first-order valence-corrected chi connectivity index (χ1v) is 2.89. The fourth-order valence-electron chi connectivity index (χ4n) is 0.480. The van der Waals surface area contributed by atoms with E-state index >= 15 is 0 Å². The summed E-state index contributed by atoms with van der Waals surface area (Å²) < 4.78 is 5.05. The molecule has 0 radical (unpaired) electrons. The van der Waals surface area contributed by atoms with Gasteiger partial charge in [0.15, 0.2) is 0 Å². The van der Waals surface area contributed by atoms with Gasteiger partial charge in [-0.15, -0.1) is 0 Å². The van der Waals surface area contributed by atoms with Gasteiger partial charge in [0.1, 0.15) is 0 Å². The zero-order valence-electron chi connectivity index (χ0n) is 3.98. The van der Waals surface area contributed by atoms with E-state index in [2.05, 4.69) is 5.32 Å². The highest BCUT2D eigenvalue weighted by atomic mass is 35.5. The zero-order valence-corrected chi connectivity index (χ0v) is 6.16. The van der Waals surface area contributed by atoms with Gasteiger partial charge in [-0.2, -0.15) is 0 Å². The average molecular weight is 142 g/mol. The van der Waals surface area contributed by atoms with E-state index in [4.69, 9.17) is 4.74 Å². The normalized spacial score (nSPS) is 30.0. The van der Waals surface area contributed by atoms with Gasteiger partial charge < -0.3 is 17.1 Å². The number of halogens is 1. The van der Waals surface area contributed by atoms with E-state index in [0.717, 1.165) is 13.2 Å². The highest BCUT2D eigenvalue weighted by molar-refractivity contribution is 7.17. The fourth-order valence-corrected chi connectivity index (χ4v) is 0.851. The van der Waals surface area contributed by atoms with Crippen LogP contribution in [0, 0.1) is 0 Å². The van der Waals surface area contributed by atoms with Gasteiger partial charge in [-0.1, -0.05) is 0 Å². The van der Waals surface area contributed by atoms with Gasteiger partial charge in [0.05, 0.1) is 6.61 Å². The molecule has 1 rings (SSSR count). The lowest BCUT2D eigenvalue weighted by molar-refractivity contribution is -0.00000200. The largest absolute Gasteiger partial charge is 1.00 e. The lowest BCUT2D eigenvalue weighted by Crippen LogP contribution is -3.00. The van der Waals surface area contributed by atoms with Crippen LogP contribution in [0.15, 0.2) is 0 Å². The van der Waals surface area contributed by atoms with Crippen LogP contribution >= 0.6 is 9.24 Å². The number of ether oxygens (including phenoxy) is 1. The van der Waals surface area contributed by atoms with Gasteiger partial charge in [0.25, 0.3) is 0 Å². The Hall–Kier alpha value is 0.640. The van der Waals surface area contributed by atoms with E-state index < -0.39 is 0 Å². The molecule has 2 unspecified atom stereocenters. The standard InChI is InChI=1S/C3H8NOP.ClH/c6-3-4-1-2-5-3;/h3-4H,1-2,6H2;1H. The molecule has 44 valence electrons. The first-order chi connectivity index (χ1) is 2.89. The molecule has 0 aliphatic carbocycles. The SMILES string of the molecule is [Cl-].[PH3+]C1NCCO1. The first-order valence-electron chi connectivity index (χ1n) is 2.07. The van der Waals surface area contributed by atoms with Crippen LogP contribution in [0.2, 0.25) is 0 Å². The van der Waals surface area contributed by atoms with Crippen molar-refractivity contribution in [3.63, 3.8) is 0 Å². The maximum absolute atomic E-state index is 5.05. The summed E-state index contributed by atoms with van der Waals surface area (Å²) in [7, 11) is 1.83. The third-order valence-electron chi connectivity index (χ3n) is 0.793. The van der Waals surface area contributed by atoms with Gasteiger partial charge in [-0.25, -0.2) is 0 Å². The van der Waals surface area contributed by atoms with Crippen LogP contribution in [0.25, 0.3) is 0 Å². The van der Waals surface area contributed by atoms with Crippen LogP contribution in [-0.2, 0) is 4.74 Å². The maximum atomic E-state index is 5.05. The third-order valence-corrected chi connectivity index (χ3v) is 1.32. The molecule has 1 N–H and O–H groups in total. The van der Waals surface area contributed by atoms with Crippen molar-refractivity contribution in [2.24, 2.45) is 0 Å². The van der Waals surface area contributed by atoms with Gasteiger partial charge in [-0.3, -0.25) is 5.32 Å². The maximum Gasteiger partial charge on any atom is 0.214 e. The van der Waals surface area contributed by atoms with Crippen molar-refractivity contribution in [3.8, 4) is 0 Å². The van der Waals surface area contributed by atoms with Gasteiger partial charge >= 0.3 is 0 Å². The summed E-state index contributed by atoms with van der Waals surface area (Å²) in [5, 5.41) is 3.11. The molecule has 1 saturated heterocycles. The van der Waals surface area contributed by atoms with E-state index in [-0.39, 0.29) is 12.4 Å². The molecule has 0 saturated carbocycles. The van der Waals surface area contributed by atoms with Crippen molar-refractivity contribution in [2.45, 2.75) is 5.97 Å². The quantitative estimate of drug-likeness (QED) is 0.354. The summed E-state index contributed by atoms with van der Waals surface area (Å²) in [4.78, 5) is 0. The van der Waals surface area contributed by atoms with Gasteiger partial charge in [0, 0.05) is 15.8 Å². The minimum absolute atomic E-state index is 0. The second kappa shape index (κ2) is 3.62. The molecular weight excluding hydrogens is 132 g/mol. The highest BCUT2D eigenvalue weighted by Gasteiger charge is 2.10. The molecule has 7 heavy (non-hydrogen) atoms. The number of nitrogens with one attached hydrogen (secondary N) is 1. The van der Waals surface area contributed by atoms with Crippen molar-refractivity contribution in [2.75, 3.05) is 13.2 Å². The van der Waals surface area contributed by atoms with Gasteiger partial charge in [0.2, 0.25) is 5.97 Å². The number of hydrogen-bond acceptors (Lipinski definition) is 2. The Bertz CT molecular complexity index is 48.2. The Balaban J connectivity index is 0.000000360. The summed E-state index contributed by atoms with van der Waals surface area (Å²) in [6.07, 6.45) is 0. The van der Waals surface area contributed by atoms with E-state index in [1.807, 2.05) is 9.24 Å². The summed E-state index contributed by atoms with van der Waals surface area (Å²) in [6.45, 7) is 1.91. The van der Waals surface area contributed by atoms with Gasteiger partial charge in [-0.05, 0) is 0 Å². The summed E-state index contributed by atoms with van der Waals surface area (Å²) >= 11 is 0. The van der Waals surface area contributed by atoms with E-state index in [1.165, 1.54) is 0 Å². The highest BCUT2D eigenvalue weighted by Crippen LogP contribution is 2.00. The summed E-state index contributed by atoms with van der Waals surface area (Å²) in [5.74, 6) is 0.324. The van der Waals surface area contributed by atoms with Crippen LogP contribution in [0.3, 0.4) is 0 Å². The molecule has 0 aromatic rings. The second-order valence-electron chi connectivity index (χ2n) is 1.31. The molecule has 1 heterocycles. The smallest absolute Gasteiger partial charge is 0.214 e. The molecule has 0 bridgehead atoms. The molecule has 2 atom stereocenters. The van der Waals surface area contributed by atoms with Crippen LogP contribution in [0.5, 0.6) is 0 Å². The van der Waals surface area contributed by atoms with E-state index in [1.54, 1.807) is 0 Å². The Morgan fingerprint density at radius 1 is 1.71 bits per heavy atom. The minimum Gasteiger partial charge on any atom is -1.00 e. The molecule has 0 aromatic carbocycles. The van der Waals surface area contributed by atoms with Crippen molar-refractivity contribution < 1.29 is 17.1 Å². The predicted molar refractivity (Wildman–Crippen MR) is 28.8 cm³/mol. The minimum atomic E-state index is 0. The molecule has 0 spiro atoms. The molecule has 2 nitrogen and oxygen atoms in total. The average Bonchev–Trinajstić information content (AvgIpc) is 1.86. The zero-order chi connectivity index (χ0) is 4.41. The van der Waals surface area contributed by atoms with E-state index in [9.17, 15) is 0 Å². The number of rotatable bonds is 0. The lowest BCUT2D eigenvalue weighted by Gasteiger charge is -1.89. The molecule has 1 fully saturated rings. The van der Waals surface area contributed by atoms with Crippen LogP contribution in [-0.4, -0.2) is 19.1 Å². The Morgan fingerprint density at radius 2 is 2.43 bits per heavy atom. The molecule has 0 aromatic heterocycles. The van der Waals surface area contributed by atoms with Crippen LogP contribution in [0.1, 0.15) is 0 Å². The number of hydrogen-bond donors (Lipinski definition) is 1. The van der Waals surface area contributed by atoms with Crippen molar-refractivity contribution >= 4 is 9.24 Å². The molecule has 1 aliphatic rings. The predicted octanol–water partition coefficient (Wildman–Crippen LogP) is -3.50. The van der Waals surface area contributed by atoms with Crippen molar-refractivity contribution in [3.05, 3.63) is 0 Å². The van der Waals surface area contributed by atoms with E-state index in [0.29, 0.717) is 5.97 Å². The fraction of sp³-hybridized carbons (Fsp3) is 1.00. The lowest BCUT2D eigenvalue weighted by atomic mass is 10.7. The van der Waals surface area contributed by atoms with Crippen LogP contribution < -0.4 is 17.7 Å². The molecule has 1 aliphatic heterocycles. The van der Waals surface area contributed by atoms with Crippen molar-refractivity contribution in [1.29, 1.82) is 0 Å².